The van der Waals surface area contributed by atoms with E-state index in [4.69, 9.17) is 9.47 Å². The van der Waals surface area contributed by atoms with E-state index < -0.39 is 0 Å². The summed E-state index contributed by atoms with van der Waals surface area (Å²) in [6.07, 6.45) is 2.55. The molecule has 0 bridgehead atoms. The molecule has 1 aromatic carbocycles. The molecule has 0 spiro atoms. The molecule has 0 unspecified atom stereocenters. The highest BCUT2D eigenvalue weighted by atomic mass is 32.1. The van der Waals surface area contributed by atoms with Crippen LogP contribution in [0.5, 0.6) is 11.5 Å². The normalized spacial score (nSPS) is 10.2. The predicted molar refractivity (Wildman–Crippen MR) is 70.8 cm³/mol. The molecule has 0 radical (unpaired) electrons. The first-order valence-electron chi connectivity index (χ1n) is 5.33. The maximum absolute atomic E-state index is 11.0. The van der Waals surface area contributed by atoms with Crippen LogP contribution in [0.4, 0.5) is 0 Å². The molecular formula is C13H13NO3S. The van der Waals surface area contributed by atoms with Crippen LogP contribution in [-0.4, -0.2) is 25.5 Å². The first-order chi connectivity index (χ1) is 8.69. The lowest BCUT2D eigenvalue weighted by Crippen LogP contribution is -1.94. The molecule has 2 rings (SSSR count). The van der Waals surface area contributed by atoms with Crippen molar-refractivity contribution in [3.05, 3.63) is 28.9 Å². The Labute approximate surface area is 109 Å². The summed E-state index contributed by atoms with van der Waals surface area (Å²) in [5, 5.41) is 0.968. The summed E-state index contributed by atoms with van der Waals surface area (Å²) in [6, 6.07) is 3.48. The minimum atomic E-state index is 0.499. The highest BCUT2D eigenvalue weighted by Gasteiger charge is 2.14. The van der Waals surface area contributed by atoms with Gasteiger partial charge in [-0.05, 0) is 13.0 Å². The number of aldehydes is 1. The quantitative estimate of drug-likeness (QED) is 0.796. The summed E-state index contributed by atoms with van der Waals surface area (Å²) in [4.78, 5) is 16.2. The van der Waals surface area contributed by atoms with Gasteiger partial charge in [-0.3, -0.25) is 4.79 Å². The number of carbonyl (C=O) groups excluding carboxylic acids is 1. The van der Waals surface area contributed by atoms with Gasteiger partial charge in [-0.15, -0.1) is 11.3 Å². The van der Waals surface area contributed by atoms with E-state index in [0.29, 0.717) is 17.1 Å². The average Bonchev–Trinajstić information content (AvgIpc) is 2.83. The summed E-state index contributed by atoms with van der Waals surface area (Å²) in [5.41, 5.74) is 1.35. The first kappa shape index (κ1) is 12.6. The molecule has 0 N–H and O–H groups in total. The zero-order valence-corrected chi connectivity index (χ0v) is 11.2. The van der Waals surface area contributed by atoms with Gasteiger partial charge in [0.05, 0.1) is 29.7 Å². The Balaban J connectivity index is 2.62. The Hall–Kier alpha value is -1.88. The van der Waals surface area contributed by atoms with Gasteiger partial charge in [0.1, 0.15) is 11.5 Å². The number of nitrogens with zero attached hydrogens (tertiary/aromatic N) is 1. The summed E-state index contributed by atoms with van der Waals surface area (Å²) in [7, 11) is 3.12. The minimum Gasteiger partial charge on any atom is -0.496 e. The third kappa shape index (κ3) is 2.22. The second-order valence-electron chi connectivity index (χ2n) is 3.66. The Morgan fingerprint density at radius 2 is 1.94 bits per heavy atom. The number of aromatic nitrogens is 1. The monoisotopic (exact) mass is 263 g/mol. The van der Waals surface area contributed by atoms with E-state index in [0.717, 1.165) is 21.7 Å². The molecule has 0 aliphatic heterocycles. The molecule has 0 saturated heterocycles. The van der Waals surface area contributed by atoms with Gasteiger partial charge in [-0.2, -0.15) is 0 Å². The van der Waals surface area contributed by atoms with Crippen LogP contribution < -0.4 is 9.47 Å². The second-order valence-corrected chi connectivity index (χ2v) is 4.89. The van der Waals surface area contributed by atoms with Gasteiger partial charge in [0, 0.05) is 17.8 Å². The fourth-order valence-corrected chi connectivity index (χ4v) is 2.49. The fraction of sp³-hybridized carbons (Fsp3) is 0.231. The standard InChI is InChI=1S/C13H13NO3S/c1-8-14-6-13(18-8)10-4-9(7-15)11(16-2)5-12(10)17-3/h4-7H,1-3H3. The molecule has 1 aromatic heterocycles. The zero-order chi connectivity index (χ0) is 13.1. The molecule has 0 fully saturated rings. The lowest BCUT2D eigenvalue weighted by Gasteiger charge is -2.11. The number of methoxy groups -OCH3 is 2. The van der Waals surface area contributed by atoms with Crippen LogP contribution in [-0.2, 0) is 0 Å². The SMILES string of the molecule is COc1cc(OC)c(-c2cnc(C)s2)cc1C=O. The molecule has 0 saturated carbocycles. The number of carbonyl (C=O) groups is 1. The molecule has 4 nitrogen and oxygen atoms in total. The van der Waals surface area contributed by atoms with Crippen LogP contribution in [0, 0.1) is 6.92 Å². The number of thiazole rings is 1. The number of rotatable bonds is 4. The van der Waals surface area contributed by atoms with E-state index in [2.05, 4.69) is 4.98 Å². The number of ether oxygens (including phenoxy) is 2. The van der Waals surface area contributed by atoms with Crippen molar-refractivity contribution in [2.45, 2.75) is 6.92 Å². The maximum Gasteiger partial charge on any atom is 0.153 e. The van der Waals surface area contributed by atoms with E-state index in [1.165, 1.54) is 7.11 Å². The zero-order valence-electron chi connectivity index (χ0n) is 10.4. The molecular weight excluding hydrogens is 250 g/mol. The largest absolute Gasteiger partial charge is 0.496 e. The van der Waals surface area contributed by atoms with Crippen LogP contribution in [0.15, 0.2) is 18.3 Å². The molecule has 0 atom stereocenters. The number of benzene rings is 1. The van der Waals surface area contributed by atoms with Crippen molar-refractivity contribution in [1.29, 1.82) is 0 Å². The Bertz CT molecular complexity index is 578. The highest BCUT2D eigenvalue weighted by Crippen LogP contribution is 2.37. The summed E-state index contributed by atoms with van der Waals surface area (Å²) >= 11 is 1.56. The van der Waals surface area contributed by atoms with Crippen molar-refractivity contribution >= 4 is 17.6 Å². The van der Waals surface area contributed by atoms with Crippen molar-refractivity contribution in [3.63, 3.8) is 0 Å². The molecule has 94 valence electrons. The number of hydrogen-bond donors (Lipinski definition) is 0. The smallest absolute Gasteiger partial charge is 0.153 e. The average molecular weight is 263 g/mol. The van der Waals surface area contributed by atoms with E-state index in [-0.39, 0.29) is 0 Å². The predicted octanol–water partition coefficient (Wildman–Crippen LogP) is 2.95. The molecule has 18 heavy (non-hydrogen) atoms. The van der Waals surface area contributed by atoms with Crippen LogP contribution in [0.1, 0.15) is 15.4 Å². The summed E-state index contributed by atoms with van der Waals surface area (Å²) in [6.45, 7) is 1.94. The summed E-state index contributed by atoms with van der Waals surface area (Å²) < 4.78 is 10.5. The van der Waals surface area contributed by atoms with Gasteiger partial charge in [-0.25, -0.2) is 4.98 Å². The highest BCUT2D eigenvalue weighted by molar-refractivity contribution is 7.15. The number of aryl methyl sites for hydroxylation is 1. The third-order valence-corrected chi connectivity index (χ3v) is 3.51. The van der Waals surface area contributed by atoms with Crippen molar-refractivity contribution in [1.82, 2.24) is 4.98 Å². The third-order valence-electron chi connectivity index (χ3n) is 2.57. The Kier molecular flexibility index (Phi) is 3.62. The Morgan fingerprint density at radius 1 is 1.22 bits per heavy atom. The molecule has 1 heterocycles. The van der Waals surface area contributed by atoms with Gasteiger partial charge in [-0.1, -0.05) is 0 Å². The van der Waals surface area contributed by atoms with Crippen LogP contribution >= 0.6 is 11.3 Å². The van der Waals surface area contributed by atoms with Gasteiger partial charge in [0.25, 0.3) is 0 Å². The van der Waals surface area contributed by atoms with Crippen molar-refractivity contribution < 1.29 is 14.3 Å². The van der Waals surface area contributed by atoms with Crippen LogP contribution in [0.25, 0.3) is 10.4 Å². The topological polar surface area (TPSA) is 48.4 Å². The maximum atomic E-state index is 11.0. The van der Waals surface area contributed by atoms with Gasteiger partial charge in [0.2, 0.25) is 0 Å². The van der Waals surface area contributed by atoms with E-state index in [1.807, 2.05) is 6.92 Å². The van der Waals surface area contributed by atoms with Gasteiger partial charge < -0.3 is 9.47 Å². The molecule has 0 aliphatic carbocycles. The lowest BCUT2D eigenvalue weighted by atomic mass is 10.1. The fourth-order valence-electron chi connectivity index (χ4n) is 1.69. The van der Waals surface area contributed by atoms with Crippen molar-refractivity contribution in [3.8, 4) is 21.9 Å². The van der Waals surface area contributed by atoms with E-state index >= 15 is 0 Å². The molecule has 0 amide bonds. The first-order valence-corrected chi connectivity index (χ1v) is 6.15. The van der Waals surface area contributed by atoms with Crippen LogP contribution in [0.3, 0.4) is 0 Å². The van der Waals surface area contributed by atoms with E-state index in [9.17, 15) is 4.79 Å². The van der Waals surface area contributed by atoms with Gasteiger partial charge >= 0.3 is 0 Å². The summed E-state index contributed by atoms with van der Waals surface area (Å²) in [5.74, 6) is 1.17. The minimum absolute atomic E-state index is 0.499. The number of hydrogen-bond acceptors (Lipinski definition) is 5. The second kappa shape index (κ2) is 5.18. The Morgan fingerprint density at radius 3 is 2.44 bits per heavy atom. The van der Waals surface area contributed by atoms with Gasteiger partial charge in [0.15, 0.2) is 6.29 Å². The van der Waals surface area contributed by atoms with E-state index in [1.54, 1.807) is 36.8 Å². The van der Waals surface area contributed by atoms with Crippen molar-refractivity contribution in [2.24, 2.45) is 0 Å². The molecule has 2 aromatic rings. The van der Waals surface area contributed by atoms with Crippen LogP contribution in [0.2, 0.25) is 0 Å². The molecule has 5 heteroatoms. The van der Waals surface area contributed by atoms with Crippen molar-refractivity contribution in [2.75, 3.05) is 14.2 Å². The lowest BCUT2D eigenvalue weighted by molar-refractivity contribution is 0.112. The molecule has 0 aliphatic rings.